The minimum atomic E-state index is -0.903. The molecule has 1 heterocycles. The molecule has 0 spiro atoms. The summed E-state index contributed by atoms with van der Waals surface area (Å²) in [5.74, 6) is -0.0622. The van der Waals surface area contributed by atoms with Crippen molar-refractivity contribution in [1.82, 2.24) is 0 Å². The standard InChI is InChI=1S/C18H16ClNO5/c1-11-8-12(19)6-7-13(11)20-17(21)10-24-18(22)16-9-23-14-4-2-3-5-15(14)25-16/h2-8,16H,9-10H2,1H3,(H,20,21)/t16-/m0/s1. The molecule has 130 valence electrons. The first-order valence-corrected chi connectivity index (χ1v) is 8.02. The number of hydrogen-bond donors (Lipinski definition) is 1. The van der Waals surface area contributed by atoms with Crippen LogP contribution in [0.4, 0.5) is 5.69 Å². The van der Waals surface area contributed by atoms with Gasteiger partial charge in [-0.05, 0) is 42.8 Å². The van der Waals surface area contributed by atoms with Gasteiger partial charge in [0.1, 0.15) is 6.61 Å². The molecule has 0 fully saturated rings. The van der Waals surface area contributed by atoms with Crippen molar-refractivity contribution in [2.75, 3.05) is 18.5 Å². The molecular formula is C18H16ClNO5. The third-order valence-electron chi connectivity index (χ3n) is 3.58. The number of anilines is 1. The Kier molecular flexibility index (Phi) is 5.09. The zero-order valence-electron chi connectivity index (χ0n) is 13.5. The monoisotopic (exact) mass is 361 g/mol. The number of para-hydroxylation sites is 2. The van der Waals surface area contributed by atoms with E-state index in [0.717, 1.165) is 5.56 Å². The maximum absolute atomic E-state index is 12.1. The van der Waals surface area contributed by atoms with Crippen molar-refractivity contribution in [3.05, 3.63) is 53.1 Å². The van der Waals surface area contributed by atoms with Gasteiger partial charge in [-0.3, -0.25) is 4.79 Å². The number of hydrogen-bond acceptors (Lipinski definition) is 5. The average molecular weight is 362 g/mol. The Bertz CT molecular complexity index is 808. The van der Waals surface area contributed by atoms with Gasteiger partial charge in [0.2, 0.25) is 6.10 Å². The summed E-state index contributed by atoms with van der Waals surface area (Å²) in [7, 11) is 0. The highest BCUT2D eigenvalue weighted by Gasteiger charge is 2.29. The number of amides is 1. The highest BCUT2D eigenvalue weighted by molar-refractivity contribution is 6.30. The van der Waals surface area contributed by atoms with Crippen LogP contribution in [0.15, 0.2) is 42.5 Å². The van der Waals surface area contributed by atoms with Crippen molar-refractivity contribution >= 4 is 29.2 Å². The highest BCUT2D eigenvalue weighted by Crippen LogP contribution is 2.31. The van der Waals surface area contributed by atoms with E-state index in [1.807, 2.05) is 13.0 Å². The summed E-state index contributed by atoms with van der Waals surface area (Å²) in [6.45, 7) is 1.44. The van der Waals surface area contributed by atoms with E-state index in [1.54, 1.807) is 36.4 Å². The molecule has 6 nitrogen and oxygen atoms in total. The summed E-state index contributed by atoms with van der Waals surface area (Å²) >= 11 is 5.87. The first-order chi connectivity index (χ1) is 12.0. The number of ether oxygens (including phenoxy) is 3. The lowest BCUT2D eigenvalue weighted by molar-refractivity contribution is -0.156. The summed E-state index contributed by atoms with van der Waals surface area (Å²) in [6, 6.07) is 12.1. The third kappa shape index (κ3) is 4.22. The van der Waals surface area contributed by atoms with Gasteiger partial charge in [-0.2, -0.15) is 0 Å². The molecule has 0 bridgehead atoms. The van der Waals surface area contributed by atoms with Gasteiger partial charge in [0.25, 0.3) is 5.91 Å². The lowest BCUT2D eigenvalue weighted by atomic mass is 10.2. The largest absolute Gasteiger partial charge is 0.485 e. The molecule has 1 N–H and O–H groups in total. The first-order valence-electron chi connectivity index (χ1n) is 7.64. The number of carbonyl (C=O) groups excluding carboxylic acids is 2. The van der Waals surface area contributed by atoms with Crippen LogP contribution in [0.3, 0.4) is 0 Å². The Balaban J connectivity index is 1.51. The lowest BCUT2D eigenvalue weighted by Gasteiger charge is -2.24. The third-order valence-corrected chi connectivity index (χ3v) is 3.81. The van der Waals surface area contributed by atoms with Gasteiger partial charge in [-0.25, -0.2) is 4.79 Å². The summed E-state index contributed by atoms with van der Waals surface area (Å²) in [5, 5.41) is 3.24. The van der Waals surface area contributed by atoms with Crippen LogP contribution in [0.1, 0.15) is 5.56 Å². The zero-order chi connectivity index (χ0) is 17.8. The Labute approximate surface area is 149 Å². The summed E-state index contributed by atoms with van der Waals surface area (Å²) in [6.07, 6.45) is -0.903. The molecule has 1 amide bonds. The van der Waals surface area contributed by atoms with Crippen molar-refractivity contribution in [1.29, 1.82) is 0 Å². The number of nitrogens with one attached hydrogen (secondary N) is 1. The van der Waals surface area contributed by atoms with Crippen LogP contribution in [0.2, 0.25) is 5.02 Å². The molecule has 3 rings (SSSR count). The number of carbonyl (C=O) groups is 2. The Hall–Kier alpha value is -2.73. The molecule has 2 aromatic carbocycles. The van der Waals surface area contributed by atoms with E-state index < -0.39 is 24.6 Å². The number of rotatable bonds is 4. The van der Waals surface area contributed by atoms with E-state index in [0.29, 0.717) is 22.2 Å². The number of esters is 1. The van der Waals surface area contributed by atoms with Crippen LogP contribution < -0.4 is 14.8 Å². The lowest BCUT2D eigenvalue weighted by Crippen LogP contribution is -2.39. The average Bonchev–Trinajstić information content (AvgIpc) is 2.61. The fourth-order valence-electron chi connectivity index (χ4n) is 2.32. The molecule has 0 unspecified atom stereocenters. The van der Waals surface area contributed by atoms with Crippen molar-refractivity contribution in [3.8, 4) is 11.5 Å². The van der Waals surface area contributed by atoms with E-state index in [-0.39, 0.29) is 6.61 Å². The topological polar surface area (TPSA) is 73.9 Å². The SMILES string of the molecule is Cc1cc(Cl)ccc1NC(=O)COC(=O)[C@@H]1COc2ccccc2O1. The molecule has 0 saturated heterocycles. The molecule has 0 radical (unpaired) electrons. The van der Waals surface area contributed by atoms with Gasteiger partial charge in [-0.15, -0.1) is 0 Å². The number of aryl methyl sites for hydroxylation is 1. The molecule has 7 heteroatoms. The maximum atomic E-state index is 12.1. The van der Waals surface area contributed by atoms with E-state index in [1.165, 1.54) is 0 Å². The van der Waals surface area contributed by atoms with E-state index >= 15 is 0 Å². The fourth-order valence-corrected chi connectivity index (χ4v) is 2.55. The van der Waals surface area contributed by atoms with Crippen LogP contribution in [0, 0.1) is 6.92 Å². The van der Waals surface area contributed by atoms with Gasteiger partial charge in [0, 0.05) is 10.7 Å². The first kappa shape index (κ1) is 17.1. The molecule has 0 aromatic heterocycles. The molecular weight excluding hydrogens is 346 g/mol. The quantitative estimate of drug-likeness (QED) is 0.847. The van der Waals surface area contributed by atoms with Crippen molar-refractivity contribution in [2.45, 2.75) is 13.0 Å². The van der Waals surface area contributed by atoms with Crippen LogP contribution in [-0.2, 0) is 14.3 Å². The molecule has 0 aliphatic carbocycles. The molecule has 0 saturated carbocycles. The zero-order valence-corrected chi connectivity index (χ0v) is 14.2. The van der Waals surface area contributed by atoms with Crippen LogP contribution in [0.25, 0.3) is 0 Å². The molecule has 1 atom stereocenters. The summed E-state index contributed by atoms with van der Waals surface area (Å²) < 4.78 is 16.0. The van der Waals surface area contributed by atoms with Gasteiger partial charge in [0.05, 0.1) is 0 Å². The van der Waals surface area contributed by atoms with Crippen molar-refractivity contribution < 1.29 is 23.8 Å². The fraction of sp³-hybridized carbons (Fsp3) is 0.222. The normalized spacial score (nSPS) is 15.4. The summed E-state index contributed by atoms with van der Waals surface area (Å²) in [5.41, 5.74) is 1.42. The maximum Gasteiger partial charge on any atom is 0.351 e. The van der Waals surface area contributed by atoms with Gasteiger partial charge in [-0.1, -0.05) is 23.7 Å². The second-order valence-corrected chi connectivity index (χ2v) is 5.92. The molecule has 1 aliphatic rings. The minimum absolute atomic E-state index is 0.0355. The predicted molar refractivity (Wildman–Crippen MR) is 92.1 cm³/mol. The van der Waals surface area contributed by atoms with Crippen molar-refractivity contribution in [2.24, 2.45) is 0 Å². The van der Waals surface area contributed by atoms with E-state index in [4.69, 9.17) is 25.8 Å². The van der Waals surface area contributed by atoms with Gasteiger partial charge < -0.3 is 19.5 Å². The molecule has 25 heavy (non-hydrogen) atoms. The minimum Gasteiger partial charge on any atom is -0.485 e. The second kappa shape index (κ2) is 7.44. The smallest absolute Gasteiger partial charge is 0.351 e. The molecule has 1 aliphatic heterocycles. The number of fused-ring (bicyclic) bond motifs is 1. The molecule has 2 aromatic rings. The second-order valence-electron chi connectivity index (χ2n) is 5.48. The Morgan fingerprint density at radius 3 is 2.76 bits per heavy atom. The van der Waals surface area contributed by atoms with Crippen molar-refractivity contribution in [3.63, 3.8) is 0 Å². The highest BCUT2D eigenvalue weighted by atomic mass is 35.5. The summed E-state index contributed by atoms with van der Waals surface area (Å²) in [4.78, 5) is 24.0. The Morgan fingerprint density at radius 1 is 1.24 bits per heavy atom. The number of halogens is 1. The van der Waals surface area contributed by atoms with Gasteiger partial charge in [0.15, 0.2) is 18.1 Å². The Morgan fingerprint density at radius 2 is 2.00 bits per heavy atom. The van der Waals surface area contributed by atoms with Crippen LogP contribution >= 0.6 is 11.6 Å². The number of benzene rings is 2. The van der Waals surface area contributed by atoms with E-state index in [9.17, 15) is 9.59 Å². The predicted octanol–water partition coefficient (Wildman–Crippen LogP) is 2.97. The van der Waals surface area contributed by atoms with Gasteiger partial charge >= 0.3 is 5.97 Å². The van der Waals surface area contributed by atoms with Crippen LogP contribution in [0.5, 0.6) is 11.5 Å². The van der Waals surface area contributed by atoms with Crippen LogP contribution in [-0.4, -0.2) is 31.2 Å². The van der Waals surface area contributed by atoms with E-state index in [2.05, 4.69) is 5.32 Å².